The van der Waals surface area contributed by atoms with E-state index in [2.05, 4.69) is 11.4 Å². The summed E-state index contributed by atoms with van der Waals surface area (Å²) in [4.78, 5) is 0. The third-order valence-electron chi connectivity index (χ3n) is 2.89. The maximum atomic E-state index is 11.1. The first-order valence-corrected chi connectivity index (χ1v) is 9.02. The first kappa shape index (κ1) is 17.9. The van der Waals surface area contributed by atoms with Gasteiger partial charge in [-0.25, -0.2) is 8.42 Å². The molecule has 5 nitrogen and oxygen atoms in total. The van der Waals surface area contributed by atoms with E-state index in [9.17, 15) is 13.5 Å². The molecule has 0 aromatic heterocycles. The average Bonchev–Trinajstić information content (AvgIpc) is 2.30. The Kier molecular flexibility index (Phi) is 6.64. The Hall–Kier alpha value is -1.11. The van der Waals surface area contributed by atoms with Crippen molar-refractivity contribution in [2.75, 3.05) is 25.2 Å². The fraction of sp³-hybridized carbons (Fsp3) is 0.600. The molecular weight excluding hydrogens is 290 g/mol. The minimum Gasteiger partial charge on any atom is -0.491 e. The summed E-state index contributed by atoms with van der Waals surface area (Å²) in [6.07, 6.45) is 0.512. The number of benzene rings is 1. The van der Waals surface area contributed by atoms with E-state index in [0.29, 0.717) is 6.54 Å². The molecule has 0 aliphatic rings. The fourth-order valence-corrected chi connectivity index (χ4v) is 3.14. The van der Waals surface area contributed by atoms with Crippen molar-refractivity contribution in [3.63, 3.8) is 0 Å². The van der Waals surface area contributed by atoms with Crippen LogP contribution < -0.4 is 10.1 Å². The van der Waals surface area contributed by atoms with E-state index in [1.165, 1.54) is 6.26 Å². The highest BCUT2D eigenvalue weighted by atomic mass is 32.2. The number of sulfone groups is 1. The van der Waals surface area contributed by atoms with Gasteiger partial charge in [0.2, 0.25) is 0 Å². The highest BCUT2D eigenvalue weighted by Gasteiger charge is 2.12. The molecule has 1 rings (SSSR count). The molecular formula is C15H25NO4S. The standard InChI is InChI=1S/C15H25NO4S/c1-11-5-12(2)7-15(6-11)20-9-14(17)8-16-13(3)10-21(4,18)19/h5-7,13-14,16-17H,8-10H2,1-4H3. The molecule has 0 bridgehead atoms. The Bertz CT molecular complexity index is 537. The minimum atomic E-state index is -3.01. The van der Waals surface area contributed by atoms with Gasteiger partial charge < -0.3 is 15.2 Å². The zero-order valence-electron chi connectivity index (χ0n) is 13.1. The first-order valence-electron chi connectivity index (χ1n) is 6.96. The molecule has 0 aliphatic heterocycles. The van der Waals surface area contributed by atoms with Crippen LogP contribution in [0.4, 0.5) is 0 Å². The molecule has 0 radical (unpaired) electrons. The minimum absolute atomic E-state index is 0.0532. The Morgan fingerprint density at radius 3 is 2.33 bits per heavy atom. The van der Waals surface area contributed by atoms with Gasteiger partial charge in [-0.1, -0.05) is 6.07 Å². The average molecular weight is 315 g/mol. The number of rotatable bonds is 8. The third kappa shape index (κ3) is 8.04. The normalized spacial score (nSPS) is 14.7. The van der Waals surface area contributed by atoms with Crippen molar-refractivity contribution in [1.82, 2.24) is 5.32 Å². The molecule has 6 heteroatoms. The second-order valence-electron chi connectivity index (χ2n) is 5.69. The molecule has 21 heavy (non-hydrogen) atoms. The van der Waals surface area contributed by atoms with E-state index >= 15 is 0 Å². The molecule has 0 heterocycles. The van der Waals surface area contributed by atoms with Crippen LogP contribution in [0.3, 0.4) is 0 Å². The van der Waals surface area contributed by atoms with E-state index in [1.54, 1.807) is 6.92 Å². The van der Waals surface area contributed by atoms with Crippen LogP contribution in [-0.2, 0) is 9.84 Å². The van der Waals surface area contributed by atoms with Crippen molar-refractivity contribution in [2.45, 2.75) is 32.9 Å². The Labute approximate surface area is 127 Å². The third-order valence-corrected chi connectivity index (χ3v) is 4.00. The van der Waals surface area contributed by atoms with Gasteiger partial charge in [-0.2, -0.15) is 0 Å². The monoisotopic (exact) mass is 315 g/mol. The zero-order valence-corrected chi connectivity index (χ0v) is 13.9. The number of hydrogen-bond acceptors (Lipinski definition) is 5. The van der Waals surface area contributed by atoms with E-state index in [0.717, 1.165) is 16.9 Å². The summed E-state index contributed by atoms with van der Waals surface area (Å²) in [5.74, 6) is 0.785. The number of hydrogen-bond donors (Lipinski definition) is 2. The van der Waals surface area contributed by atoms with E-state index < -0.39 is 15.9 Å². The topological polar surface area (TPSA) is 75.6 Å². The predicted molar refractivity (Wildman–Crippen MR) is 84.6 cm³/mol. The van der Waals surface area contributed by atoms with Gasteiger partial charge in [-0.05, 0) is 44.0 Å². The molecule has 2 unspecified atom stereocenters. The summed E-state index contributed by atoms with van der Waals surface area (Å²) in [6.45, 7) is 6.22. The van der Waals surface area contributed by atoms with Crippen LogP contribution in [0.5, 0.6) is 5.75 Å². The SMILES string of the molecule is Cc1cc(C)cc(OCC(O)CNC(C)CS(C)(=O)=O)c1. The fourth-order valence-electron chi connectivity index (χ4n) is 2.12. The lowest BCUT2D eigenvalue weighted by Gasteiger charge is -2.17. The maximum Gasteiger partial charge on any atom is 0.148 e. The highest BCUT2D eigenvalue weighted by Crippen LogP contribution is 2.16. The molecule has 2 N–H and O–H groups in total. The number of aryl methyl sites for hydroxylation is 2. The summed E-state index contributed by atoms with van der Waals surface area (Å²) < 4.78 is 27.8. The lowest BCUT2D eigenvalue weighted by molar-refractivity contribution is 0.104. The number of nitrogens with one attached hydrogen (secondary N) is 1. The van der Waals surface area contributed by atoms with Crippen LogP contribution in [0.2, 0.25) is 0 Å². The van der Waals surface area contributed by atoms with Crippen LogP contribution in [0.15, 0.2) is 18.2 Å². The summed E-state index contributed by atoms with van der Waals surface area (Å²) in [6, 6.07) is 5.69. The van der Waals surface area contributed by atoms with Crippen LogP contribution in [0.25, 0.3) is 0 Å². The van der Waals surface area contributed by atoms with Gasteiger partial charge in [0.15, 0.2) is 0 Å². The largest absolute Gasteiger partial charge is 0.491 e. The van der Waals surface area contributed by atoms with Crippen molar-refractivity contribution in [2.24, 2.45) is 0 Å². The molecule has 0 spiro atoms. The van der Waals surface area contributed by atoms with Gasteiger partial charge in [0.05, 0.1) is 5.75 Å². The summed E-state index contributed by atoms with van der Waals surface area (Å²) in [5.41, 5.74) is 2.22. The van der Waals surface area contributed by atoms with E-state index in [4.69, 9.17) is 4.74 Å². The van der Waals surface area contributed by atoms with Crippen molar-refractivity contribution < 1.29 is 18.3 Å². The molecule has 120 valence electrons. The molecule has 2 atom stereocenters. The lowest BCUT2D eigenvalue weighted by Crippen LogP contribution is -2.39. The van der Waals surface area contributed by atoms with Crippen LogP contribution in [0, 0.1) is 13.8 Å². The summed E-state index contributed by atoms with van der Waals surface area (Å²) >= 11 is 0. The Morgan fingerprint density at radius 2 is 1.81 bits per heavy atom. The first-order chi connectivity index (χ1) is 9.65. The Morgan fingerprint density at radius 1 is 1.24 bits per heavy atom. The van der Waals surface area contributed by atoms with Gasteiger partial charge in [0.25, 0.3) is 0 Å². The quantitative estimate of drug-likeness (QED) is 0.750. The molecule has 0 fully saturated rings. The number of ether oxygens (including phenoxy) is 1. The van der Waals surface area contributed by atoms with Gasteiger partial charge in [-0.15, -0.1) is 0 Å². The van der Waals surface area contributed by atoms with E-state index in [1.807, 2.05) is 26.0 Å². The van der Waals surface area contributed by atoms with Crippen LogP contribution in [0.1, 0.15) is 18.1 Å². The van der Waals surface area contributed by atoms with Crippen molar-refractivity contribution >= 4 is 9.84 Å². The number of aliphatic hydroxyl groups is 1. The Balaban J connectivity index is 2.35. The lowest BCUT2D eigenvalue weighted by atomic mass is 10.1. The zero-order chi connectivity index (χ0) is 16.0. The molecule has 0 saturated heterocycles. The van der Waals surface area contributed by atoms with Crippen molar-refractivity contribution in [1.29, 1.82) is 0 Å². The summed E-state index contributed by atoms with van der Waals surface area (Å²) in [7, 11) is -3.01. The molecule has 1 aromatic rings. The van der Waals surface area contributed by atoms with Gasteiger partial charge in [0, 0.05) is 18.8 Å². The second kappa shape index (κ2) is 7.77. The maximum absolute atomic E-state index is 11.1. The van der Waals surface area contributed by atoms with Gasteiger partial charge in [-0.3, -0.25) is 0 Å². The molecule has 1 aromatic carbocycles. The molecule has 0 amide bonds. The van der Waals surface area contributed by atoms with Crippen LogP contribution in [-0.4, -0.2) is 50.8 Å². The highest BCUT2D eigenvalue weighted by molar-refractivity contribution is 7.90. The second-order valence-corrected chi connectivity index (χ2v) is 7.87. The van der Waals surface area contributed by atoms with E-state index in [-0.39, 0.29) is 18.4 Å². The summed E-state index contributed by atoms with van der Waals surface area (Å²) in [5, 5.41) is 12.8. The van der Waals surface area contributed by atoms with Gasteiger partial charge >= 0.3 is 0 Å². The van der Waals surface area contributed by atoms with Crippen LogP contribution >= 0.6 is 0 Å². The smallest absolute Gasteiger partial charge is 0.148 e. The molecule has 0 aliphatic carbocycles. The van der Waals surface area contributed by atoms with Gasteiger partial charge in [0.1, 0.15) is 28.3 Å². The molecule has 0 saturated carbocycles. The van der Waals surface area contributed by atoms with Crippen molar-refractivity contribution in [3.05, 3.63) is 29.3 Å². The van der Waals surface area contributed by atoms with Crippen molar-refractivity contribution in [3.8, 4) is 5.75 Å². The predicted octanol–water partition coefficient (Wildman–Crippen LogP) is 1.07. The number of aliphatic hydroxyl groups excluding tert-OH is 1.